The maximum atomic E-state index is 15.1. The lowest BCUT2D eigenvalue weighted by atomic mass is 9.96. The fraction of sp³-hybridized carbons (Fsp3) is 0.580. The van der Waals surface area contributed by atoms with Crippen LogP contribution in [0.1, 0.15) is 82.4 Å². The van der Waals surface area contributed by atoms with E-state index in [0.717, 1.165) is 23.9 Å². The molecule has 2 fully saturated rings. The van der Waals surface area contributed by atoms with Gasteiger partial charge in [0.05, 0.1) is 72.7 Å². The molecule has 2 aliphatic rings. The van der Waals surface area contributed by atoms with Gasteiger partial charge in [0.2, 0.25) is 29.5 Å². The Labute approximate surface area is 530 Å². The van der Waals surface area contributed by atoms with Crippen molar-refractivity contribution in [1.82, 2.24) is 56.5 Å². The predicted molar refractivity (Wildman–Crippen MR) is 314 cm³/mol. The van der Waals surface area contributed by atoms with Gasteiger partial charge in [-0.2, -0.15) is 0 Å². The van der Waals surface area contributed by atoms with Crippen molar-refractivity contribution < 1.29 is 103 Å². The van der Waals surface area contributed by atoms with Crippen LogP contribution >= 0.6 is 35.1 Å². The highest BCUT2D eigenvalue weighted by Crippen LogP contribution is 2.35. The van der Waals surface area contributed by atoms with Gasteiger partial charge in [0, 0.05) is 42.3 Å². The van der Waals surface area contributed by atoms with Gasteiger partial charge in [-0.1, -0.05) is 6.92 Å². The number of nitrogens with zero attached hydrogens (tertiary/aromatic N) is 5. The van der Waals surface area contributed by atoms with Crippen LogP contribution in [0.2, 0.25) is 0 Å². The molecule has 38 nitrogen and oxygen atoms in total. The molecule has 6 heterocycles. The number of nitrogen functional groups attached to an aromatic ring is 1. The van der Waals surface area contributed by atoms with Gasteiger partial charge in [0.15, 0.2) is 18.7 Å². The molecule has 0 unspecified atom stereocenters. The van der Waals surface area contributed by atoms with Crippen molar-refractivity contribution >= 4 is 88.3 Å². The van der Waals surface area contributed by atoms with E-state index in [1.54, 1.807) is 5.38 Å². The smallest absolute Gasteiger partial charge is 0.404 e. The summed E-state index contributed by atoms with van der Waals surface area (Å²) in [5, 5.41) is 105. The molecule has 6 rings (SSSR count). The van der Waals surface area contributed by atoms with E-state index in [0.29, 0.717) is 15.7 Å². The fourth-order valence-electron chi connectivity index (χ4n) is 9.15. The first-order chi connectivity index (χ1) is 42.5. The van der Waals surface area contributed by atoms with E-state index in [1.807, 2.05) is 0 Å². The maximum absolute atomic E-state index is 15.1. The molecule has 0 radical (unpaired) electrons. The number of nitrogens with one attached hydrogen (secondary N) is 6. The lowest BCUT2D eigenvalue weighted by Crippen LogP contribution is -2.65. The third kappa shape index (κ3) is 18.9. The number of H-pyrrole nitrogens is 1. The number of aliphatic hydroxyl groups is 8. The van der Waals surface area contributed by atoms with Crippen LogP contribution in [0.4, 0.5) is 10.6 Å². The van der Waals surface area contributed by atoms with E-state index in [2.05, 4.69) is 56.5 Å². The Hall–Kier alpha value is -7.36. The number of primary amides is 4. The number of carbonyl (C=O) groups is 8. The molecular weight excluding hydrogens is 1270 g/mol. The highest BCUT2D eigenvalue weighted by molar-refractivity contribution is 7.14. The normalized spacial score (nSPS) is 24.5. The van der Waals surface area contributed by atoms with Gasteiger partial charge in [0.25, 0.3) is 11.8 Å². The van der Waals surface area contributed by atoms with Gasteiger partial charge < -0.3 is 131 Å². The van der Waals surface area contributed by atoms with Gasteiger partial charge in [-0.15, -0.1) is 35.1 Å². The van der Waals surface area contributed by atoms with E-state index < -0.39 is 189 Å². The number of ether oxygens (including phenoxy) is 5. The molecule has 91 heavy (non-hydrogen) atoms. The highest BCUT2D eigenvalue weighted by Gasteiger charge is 2.54. The lowest BCUT2D eigenvalue weighted by Gasteiger charge is -2.47. The average Bonchev–Trinajstić information content (AvgIpc) is 1.08. The number of halogens is 1. The second kappa shape index (κ2) is 33.3. The Morgan fingerprint density at radius 2 is 1.46 bits per heavy atom. The number of anilines is 1. The van der Waals surface area contributed by atoms with Gasteiger partial charge in [0.1, 0.15) is 94.6 Å². The van der Waals surface area contributed by atoms with Crippen molar-refractivity contribution in [2.45, 2.75) is 150 Å². The molecule has 0 bridgehead atoms. The number of aromatic amines is 1. The number of nitrogens with two attached hydrogens (primary N) is 6. The first-order valence-corrected chi connectivity index (χ1v) is 29.2. The van der Waals surface area contributed by atoms with Crippen LogP contribution in [-0.4, -0.2) is 242 Å². The molecule has 2 saturated heterocycles. The van der Waals surface area contributed by atoms with Gasteiger partial charge in [-0.3, -0.25) is 33.6 Å². The van der Waals surface area contributed by atoms with Crippen molar-refractivity contribution in [2.24, 2.45) is 34.6 Å². The second-order valence-electron chi connectivity index (χ2n) is 20.9. The van der Waals surface area contributed by atoms with E-state index in [9.17, 15) is 74.4 Å². The van der Waals surface area contributed by atoms with Crippen LogP contribution in [0.5, 0.6) is 0 Å². The average molecular weight is 1350 g/mol. The van der Waals surface area contributed by atoms with Crippen molar-refractivity contribution in [1.29, 1.82) is 0 Å². The number of rotatable bonds is 31. The summed E-state index contributed by atoms with van der Waals surface area (Å²) in [6.07, 6.45) is -25.1. The number of thiazole rings is 2. The van der Waals surface area contributed by atoms with Crippen LogP contribution in [-0.2, 0) is 54.1 Å². The summed E-state index contributed by atoms with van der Waals surface area (Å²) in [5.74, 6) is -9.13. The maximum Gasteiger partial charge on any atom is 0.404 e. The zero-order valence-electron chi connectivity index (χ0n) is 48.8. The van der Waals surface area contributed by atoms with Crippen molar-refractivity contribution in [3.05, 3.63) is 56.8 Å². The Bertz CT molecular complexity index is 3150. The van der Waals surface area contributed by atoms with Gasteiger partial charge in [-0.25, -0.2) is 29.7 Å². The minimum atomic E-state index is -2.20. The predicted octanol–water partition coefficient (Wildman–Crippen LogP) is -8.18. The quantitative estimate of drug-likeness (QED) is 0.0222. The summed E-state index contributed by atoms with van der Waals surface area (Å²) in [4.78, 5) is 129. The van der Waals surface area contributed by atoms with E-state index in [1.165, 1.54) is 44.4 Å². The lowest BCUT2D eigenvalue weighted by molar-refractivity contribution is -0.372. The molecule has 4 aromatic heterocycles. The Morgan fingerprint density at radius 3 is 2.05 bits per heavy atom. The minimum Gasteiger partial charge on any atom is -0.441 e. The van der Waals surface area contributed by atoms with Crippen LogP contribution in [0.15, 0.2) is 23.3 Å². The van der Waals surface area contributed by atoms with Crippen LogP contribution < -0.4 is 61.0 Å². The molecular formula is C50H74ClN17O21S2. The Morgan fingerprint density at radius 1 is 0.791 bits per heavy atom. The topological polar surface area (TPSA) is 641 Å². The molecule has 41 heteroatoms. The molecule has 0 saturated carbocycles. The van der Waals surface area contributed by atoms with Crippen LogP contribution in [0, 0.1) is 12.8 Å². The molecule has 26 N–H and O–H groups in total. The van der Waals surface area contributed by atoms with Gasteiger partial charge >= 0.3 is 6.09 Å². The SMILES string of the molecule is Cc1c(N)nc([C@H](CC(N)=O)NC[C@H](N)C(N)=O)nc1C(=O)N[C@H](C(=O)N[C@H](C)[C@@H](O)[C@H](C)C(=O)N[C@H](C(=O)NCCc1nc(-c2nc(C(N)=O)cs2)cs1)[C@@H](C)O)[C@@H](O[C@@H]1O[C@@H](CO)[C@@H](O)[C@H](O)[C@@H]1O[C@H]1O[C@H](CO)[C@@H](O)[C@H](OC(N)=O)[C@@H]1O)c1cnc[nH]1.Cl. The summed E-state index contributed by atoms with van der Waals surface area (Å²) in [7, 11) is 0. The molecule has 0 spiro atoms. The number of aliphatic hydroxyl groups excluding tert-OH is 8. The first kappa shape index (κ1) is 74.4. The molecule has 504 valence electrons. The summed E-state index contributed by atoms with van der Waals surface area (Å²) in [5.41, 5.74) is 33.1. The number of aromatic nitrogens is 6. The Kier molecular flexibility index (Phi) is 27.2. The number of carbonyl (C=O) groups excluding carboxylic acids is 8. The largest absolute Gasteiger partial charge is 0.441 e. The first-order valence-electron chi connectivity index (χ1n) is 27.4. The van der Waals surface area contributed by atoms with Crippen molar-refractivity contribution in [3.8, 4) is 10.7 Å². The van der Waals surface area contributed by atoms with Crippen molar-refractivity contribution in [2.75, 3.05) is 32.0 Å². The molecule has 4 aromatic rings. The minimum absolute atomic E-state index is 0. The molecule has 0 aromatic carbocycles. The summed E-state index contributed by atoms with van der Waals surface area (Å²) in [6.45, 7) is 2.60. The number of hydrogen-bond donors (Lipinski definition) is 20. The number of imidazole rings is 1. The zero-order valence-corrected chi connectivity index (χ0v) is 51.3. The number of amides is 8. The van der Waals surface area contributed by atoms with Gasteiger partial charge in [-0.05, 0) is 20.8 Å². The number of hydrogen-bond acceptors (Lipinski definition) is 31. The zero-order chi connectivity index (χ0) is 66.6. The third-order valence-electron chi connectivity index (χ3n) is 14.3. The monoisotopic (exact) mass is 1350 g/mol. The fourth-order valence-corrected chi connectivity index (χ4v) is 10.8. The third-order valence-corrected chi connectivity index (χ3v) is 16.1. The van der Waals surface area contributed by atoms with E-state index in [4.69, 9.17) is 58.1 Å². The summed E-state index contributed by atoms with van der Waals surface area (Å²) in [6, 6.07) is -7.85. The standard InChI is InChI=1S/C50H73N17O21S2.ClH/c1-15-28(64-42(67-39(15)53)20(7-26(52)71)59-8-19(51)40(54)77)45(81)66-30(36(21-9-57-14-60-21)86-49-38(34(75)32(73)24(10-68)85-49)87-48-35(76)37(88-50(56)83)33(74)25(11-69)84-48)46(82)61-17(3)31(72)16(2)43(79)65-29(18(4)70)44(80)58-6-5-27-62-23(13-89-27)47-63-22(12-90-47)41(55)78;/h9,12-14,16-20,24-25,29-38,48-49,59,68-70,72-76H,5-8,10-11,51H2,1-4H3,(H2,52,71)(H2,54,77)(H2,55,78)(H2,56,83)(H,57,60)(H,58,80)(H,61,82)(H,65,79)(H,66,81)(H2,53,64,67);1H/t16-,17+,18+,19-,20-,24-,25+,29-,30-,31-,32+,33+,34-,35-,36-,37-,38-,48+,49-;/m0./s1. The van der Waals surface area contributed by atoms with E-state index >= 15 is 4.79 Å². The molecule has 2 aliphatic heterocycles. The summed E-state index contributed by atoms with van der Waals surface area (Å²) < 4.78 is 28.7. The second-order valence-corrected chi connectivity index (χ2v) is 22.7. The molecule has 0 aliphatic carbocycles. The van der Waals surface area contributed by atoms with Crippen LogP contribution in [0.3, 0.4) is 0 Å². The molecule has 8 amide bonds. The van der Waals surface area contributed by atoms with E-state index in [-0.39, 0.29) is 60.5 Å². The highest BCUT2D eigenvalue weighted by atomic mass is 35.5. The van der Waals surface area contributed by atoms with Crippen molar-refractivity contribution in [3.63, 3.8) is 0 Å². The van der Waals surface area contributed by atoms with Crippen LogP contribution in [0.25, 0.3) is 10.7 Å². The summed E-state index contributed by atoms with van der Waals surface area (Å²) >= 11 is 2.40. The molecule has 19 atom stereocenters. The Balaban J connectivity index is 0.0000150.